The van der Waals surface area contributed by atoms with E-state index in [0.29, 0.717) is 6.54 Å². The third-order valence-electron chi connectivity index (χ3n) is 3.51. The number of hydrogen-bond acceptors (Lipinski definition) is 4. The van der Waals surface area contributed by atoms with Crippen LogP contribution < -0.4 is 10.1 Å². The standard InChI is InChI=1S/C14H15F2NO3/c15-14(16)6-11(20-13(14)18)8-17-7-10-5-9-3-1-2-4-12(9)19-10/h1-4,10-11,17H,5-8H2. The Kier molecular flexibility index (Phi) is 3.33. The van der Waals surface area contributed by atoms with Crippen LogP contribution in [-0.4, -0.2) is 37.2 Å². The topological polar surface area (TPSA) is 47.6 Å². The lowest BCUT2D eigenvalue weighted by Crippen LogP contribution is -2.35. The number of nitrogens with one attached hydrogen (secondary N) is 1. The van der Waals surface area contributed by atoms with E-state index in [4.69, 9.17) is 4.74 Å². The fourth-order valence-electron chi connectivity index (χ4n) is 2.54. The first kappa shape index (κ1) is 13.3. The van der Waals surface area contributed by atoms with Crippen molar-refractivity contribution in [2.45, 2.75) is 31.0 Å². The Morgan fingerprint density at radius 2 is 1.95 bits per heavy atom. The molecule has 4 nitrogen and oxygen atoms in total. The van der Waals surface area contributed by atoms with Gasteiger partial charge in [0.25, 0.3) is 0 Å². The Hall–Kier alpha value is -1.69. The van der Waals surface area contributed by atoms with E-state index in [0.717, 1.165) is 17.7 Å². The van der Waals surface area contributed by atoms with Gasteiger partial charge in [-0.05, 0) is 11.6 Å². The maximum atomic E-state index is 13.0. The molecule has 2 aliphatic heterocycles. The first-order valence-corrected chi connectivity index (χ1v) is 6.59. The van der Waals surface area contributed by atoms with Crippen molar-refractivity contribution < 1.29 is 23.0 Å². The van der Waals surface area contributed by atoms with E-state index in [-0.39, 0.29) is 12.6 Å². The molecule has 0 radical (unpaired) electrons. The fraction of sp³-hybridized carbons (Fsp3) is 0.500. The molecule has 1 aromatic carbocycles. The second-order valence-electron chi connectivity index (χ2n) is 5.15. The number of alkyl halides is 2. The van der Waals surface area contributed by atoms with Gasteiger partial charge in [-0.1, -0.05) is 18.2 Å². The summed E-state index contributed by atoms with van der Waals surface area (Å²) < 4.78 is 36.3. The molecule has 0 spiro atoms. The minimum atomic E-state index is -3.34. The molecule has 1 saturated heterocycles. The van der Waals surface area contributed by atoms with E-state index in [9.17, 15) is 13.6 Å². The van der Waals surface area contributed by atoms with Crippen LogP contribution in [0.15, 0.2) is 24.3 Å². The van der Waals surface area contributed by atoms with Crippen molar-refractivity contribution in [2.24, 2.45) is 0 Å². The van der Waals surface area contributed by atoms with E-state index >= 15 is 0 Å². The molecule has 6 heteroatoms. The first-order valence-electron chi connectivity index (χ1n) is 6.59. The van der Waals surface area contributed by atoms with Crippen LogP contribution in [0.4, 0.5) is 8.78 Å². The van der Waals surface area contributed by atoms with Gasteiger partial charge in [0.05, 0.1) is 6.42 Å². The lowest BCUT2D eigenvalue weighted by molar-refractivity contribution is -0.159. The van der Waals surface area contributed by atoms with Gasteiger partial charge in [0.2, 0.25) is 0 Å². The largest absolute Gasteiger partial charge is 0.488 e. The fourth-order valence-corrected chi connectivity index (χ4v) is 2.54. The Labute approximate surface area is 115 Å². The van der Waals surface area contributed by atoms with Gasteiger partial charge in [-0.3, -0.25) is 0 Å². The summed E-state index contributed by atoms with van der Waals surface area (Å²) in [5.74, 6) is -3.89. The molecule has 2 heterocycles. The molecule has 0 bridgehead atoms. The number of cyclic esters (lactones) is 1. The highest BCUT2D eigenvalue weighted by atomic mass is 19.3. The van der Waals surface area contributed by atoms with Crippen LogP contribution in [0.1, 0.15) is 12.0 Å². The molecule has 0 saturated carbocycles. The molecule has 2 atom stereocenters. The van der Waals surface area contributed by atoms with Gasteiger partial charge < -0.3 is 14.8 Å². The second-order valence-corrected chi connectivity index (χ2v) is 5.15. The molecule has 20 heavy (non-hydrogen) atoms. The quantitative estimate of drug-likeness (QED) is 0.851. The summed E-state index contributed by atoms with van der Waals surface area (Å²) in [6.07, 6.45) is -0.528. The highest BCUT2D eigenvalue weighted by Gasteiger charge is 2.50. The highest BCUT2D eigenvalue weighted by Crippen LogP contribution is 2.31. The van der Waals surface area contributed by atoms with Crippen molar-refractivity contribution in [3.8, 4) is 5.75 Å². The smallest absolute Gasteiger partial charge is 0.377 e. The second kappa shape index (κ2) is 5.01. The molecule has 2 aliphatic rings. The molecule has 3 rings (SSSR count). The minimum absolute atomic E-state index is 0.00925. The summed E-state index contributed by atoms with van der Waals surface area (Å²) in [6.45, 7) is 0.756. The number of rotatable bonds is 4. The number of benzene rings is 1. The molecule has 0 aliphatic carbocycles. The third kappa shape index (κ3) is 2.60. The van der Waals surface area contributed by atoms with Crippen LogP contribution in [-0.2, 0) is 16.0 Å². The van der Waals surface area contributed by atoms with Gasteiger partial charge in [0.1, 0.15) is 18.0 Å². The Morgan fingerprint density at radius 1 is 1.20 bits per heavy atom. The van der Waals surface area contributed by atoms with Crippen molar-refractivity contribution >= 4 is 5.97 Å². The molecule has 108 valence electrons. The van der Waals surface area contributed by atoms with E-state index in [1.165, 1.54) is 0 Å². The molecule has 1 aromatic rings. The van der Waals surface area contributed by atoms with Gasteiger partial charge >= 0.3 is 11.9 Å². The van der Waals surface area contributed by atoms with Gasteiger partial charge in [0.15, 0.2) is 0 Å². The van der Waals surface area contributed by atoms with Crippen LogP contribution in [0.2, 0.25) is 0 Å². The normalized spacial score (nSPS) is 27.0. The minimum Gasteiger partial charge on any atom is -0.488 e. The summed E-state index contributed by atoms with van der Waals surface area (Å²) in [5, 5.41) is 3.03. The number of hydrogen-bond donors (Lipinski definition) is 1. The monoisotopic (exact) mass is 283 g/mol. The summed E-state index contributed by atoms with van der Waals surface area (Å²) in [6, 6.07) is 7.79. The van der Waals surface area contributed by atoms with Crippen LogP contribution >= 0.6 is 0 Å². The molecular weight excluding hydrogens is 268 g/mol. The van der Waals surface area contributed by atoms with E-state index in [1.807, 2.05) is 24.3 Å². The van der Waals surface area contributed by atoms with Gasteiger partial charge in [-0.25, -0.2) is 4.79 Å². The van der Waals surface area contributed by atoms with Crippen molar-refractivity contribution in [1.29, 1.82) is 0 Å². The number of fused-ring (bicyclic) bond motifs is 1. The maximum Gasteiger partial charge on any atom is 0.377 e. The van der Waals surface area contributed by atoms with Crippen molar-refractivity contribution in [3.63, 3.8) is 0 Å². The zero-order valence-corrected chi connectivity index (χ0v) is 10.8. The lowest BCUT2D eigenvalue weighted by atomic mass is 10.1. The summed E-state index contributed by atoms with van der Waals surface area (Å²) in [5.41, 5.74) is 1.15. The number of carbonyl (C=O) groups excluding carboxylic acids is 1. The Bertz CT molecular complexity index is 496. The molecule has 0 aromatic heterocycles. The number of halogens is 2. The predicted molar refractivity (Wildman–Crippen MR) is 66.9 cm³/mol. The average molecular weight is 283 g/mol. The lowest BCUT2D eigenvalue weighted by Gasteiger charge is -2.14. The average Bonchev–Trinajstić information content (AvgIpc) is 2.90. The Morgan fingerprint density at radius 3 is 2.65 bits per heavy atom. The zero-order chi connectivity index (χ0) is 14.2. The number of para-hydroxylation sites is 1. The molecule has 2 unspecified atom stereocenters. The van der Waals surface area contributed by atoms with Gasteiger partial charge in [-0.15, -0.1) is 0 Å². The summed E-state index contributed by atoms with van der Waals surface area (Å²) in [4.78, 5) is 10.8. The molecule has 1 N–H and O–H groups in total. The maximum absolute atomic E-state index is 13.0. The van der Waals surface area contributed by atoms with Gasteiger partial charge in [-0.2, -0.15) is 8.78 Å². The van der Waals surface area contributed by atoms with E-state index in [1.54, 1.807) is 0 Å². The number of carbonyl (C=O) groups is 1. The first-order chi connectivity index (χ1) is 9.54. The van der Waals surface area contributed by atoms with Crippen molar-refractivity contribution in [1.82, 2.24) is 5.32 Å². The predicted octanol–water partition coefficient (Wildman–Crippen LogP) is 1.53. The van der Waals surface area contributed by atoms with Crippen molar-refractivity contribution in [3.05, 3.63) is 29.8 Å². The van der Waals surface area contributed by atoms with Crippen LogP contribution in [0.5, 0.6) is 5.75 Å². The van der Waals surface area contributed by atoms with Crippen LogP contribution in [0.3, 0.4) is 0 Å². The van der Waals surface area contributed by atoms with E-state index in [2.05, 4.69) is 10.1 Å². The zero-order valence-electron chi connectivity index (χ0n) is 10.8. The summed E-state index contributed by atoms with van der Waals surface area (Å²) in [7, 11) is 0. The molecule has 1 fully saturated rings. The highest BCUT2D eigenvalue weighted by molar-refractivity contribution is 5.79. The third-order valence-corrected chi connectivity index (χ3v) is 3.51. The summed E-state index contributed by atoms with van der Waals surface area (Å²) >= 11 is 0. The SMILES string of the molecule is O=C1OC(CNCC2Cc3ccccc3O2)CC1(F)F. The number of esters is 1. The van der Waals surface area contributed by atoms with Crippen molar-refractivity contribution in [2.75, 3.05) is 13.1 Å². The molecular formula is C14H15F2NO3. The van der Waals surface area contributed by atoms with Gasteiger partial charge in [0, 0.05) is 19.5 Å². The van der Waals surface area contributed by atoms with E-state index < -0.39 is 24.4 Å². The molecule has 0 amide bonds. The van der Waals surface area contributed by atoms with Crippen LogP contribution in [0, 0.1) is 0 Å². The Balaban J connectivity index is 1.43. The van der Waals surface area contributed by atoms with Crippen LogP contribution in [0.25, 0.3) is 0 Å². The number of ether oxygens (including phenoxy) is 2.